The third kappa shape index (κ3) is 3.51. The zero-order chi connectivity index (χ0) is 21.5. The molecule has 5 rings (SSSR count). The lowest BCUT2D eigenvalue weighted by Gasteiger charge is -2.17. The van der Waals surface area contributed by atoms with Gasteiger partial charge in [0, 0.05) is 26.2 Å². The second-order valence-electron chi connectivity index (χ2n) is 6.86. The fourth-order valence-corrected chi connectivity index (χ4v) is 4.22. The molecular formula is C23H13Cl3N4O. The van der Waals surface area contributed by atoms with Crippen LogP contribution in [0.1, 0.15) is 0 Å². The molecule has 5 aromatic rings. The molecule has 0 unspecified atom stereocenters. The molecule has 3 aromatic carbocycles. The van der Waals surface area contributed by atoms with E-state index >= 15 is 0 Å². The van der Waals surface area contributed by atoms with Crippen molar-refractivity contribution in [2.75, 3.05) is 0 Å². The Morgan fingerprint density at radius 2 is 1.65 bits per heavy atom. The monoisotopic (exact) mass is 466 g/mol. The number of rotatable bonds is 3. The summed E-state index contributed by atoms with van der Waals surface area (Å²) < 4.78 is 1.64. The number of nitrogens with one attached hydrogen (secondary N) is 1. The van der Waals surface area contributed by atoms with Gasteiger partial charge in [-0.25, -0.2) is 9.67 Å². The Morgan fingerprint density at radius 1 is 0.871 bits per heavy atom. The van der Waals surface area contributed by atoms with Gasteiger partial charge in [-0.1, -0.05) is 65.1 Å². The average Bonchev–Trinajstić information content (AvgIpc) is 3.19. The van der Waals surface area contributed by atoms with E-state index < -0.39 is 0 Å². The lowest BCUT2D eigenvalue weighted by molar-refractivity contribution is 0.896. The van der Waals surface area contributed by atoms with Crippen LogP contribution in [-0.4, -0.2) is 19.7 Å². The van der Waals surface area contributed by atoms with Crippen LogP contribution in [-0.2, 0) is 0 Å². The molecule has 0 radical (unpaired) electrons. The van der Waals surface area contributed by atoms with Gasteiger partial charge in [-0.3, -0.25) is 4.79 Å². The molecule has 152 valence electrons. The fourth-order valence-electron chi connectivity index (χ4n) is 3.59. The lowest BCUT2D eigenvalue weighted by Crippen LogP contribution is -2.07. The Balaban J connectivity index is 1.87. The number of hydrogen-bond acceptors (Lipinski definition) is 3. The van der Waals surface area contributed by atoms with Crippen LogP contribution in [0.3, 0.4) is 0 Å². The molecule has 0 amide bonds. The van der Waals surface area contributed by atoms with Gasteiger partial charge in [0.15, 0.2) is 5.65 Å². The van der Waals surface area contributed by atoms with Crippen molar-refractivity contribution in [3.8, 4) is 27.9 Å². The largest absolute Gasteiger partial charge is 0.312 e. The van der Waals surface area contributed by atoms with Crippen LogP contribution in [0.25, 0.3) is 39.0 Å². The summed E-state index contributed by atoms with van der Waals surface area (Å²) in [6.45, 7) is 0. The minimum absolute atomic E-state index is 0.254. The minimum Gasteiger partial charge on any atom is -0.312 e. The first-order valence-electron chi connectivity index (χ1n) is 9.29. The van der Waals surface area contributed by atoms with Crippen molar-refractivity contribution >= 4 is 45.8 Å². The molecule has 31 heavy (non-hydrogen) atoms. The summed E-state index contributed by atoms with van der Waals surface area (Å²) in [4.78, 5) is 19.1. The van der Waals surface area contributed by atoms with E-state index in [0.717, 1.165) is 27.9 Å². The molecule has 0 fully saturated rings. The molecule has 5 nitrogen and oxygen atoms in total. The van der Waals surface area contributed by atoms with Gasteiger partial charge >= 0.3 is 0 Å². The maximum atomic E-state index is 12.2. The topological polar surface area (TPSA) is 63.6 Å². The molecule has 0 atom stereocenters. The molecule has 1 N–H and O–H groups in total. The Kier molecular flexibility index (Phi) is 5.02. The number of hydrogen-bond donors (Lipinski definition) is 1. The first kappa shape index (κ1) is 19.8. The highest BCUT2D eigenvalue weighted by Gasteiger charge is 2.19. The van der Waals surface area contributed by atoms with Crippen LogP contribution < -0.4 is 5.56 Å². The number of aromatic nitrogens is 4. The van der Waals surface area contributed by atoms with E-state index in [1.807, 2.05) is 48.5 Å². The van der Waals surface area contributed by atoms with E-state index in [4.69, 9.17) is 34.8 Å². The van der Waals surface area contributed by atoms with E-state index in [-0.39, 0.29) is 5.56 Å². The summed E-state index contributed by atoms with van der Waals surface area (Å²) in [5.41, 5.74) is 4.41. The number of fused-ring (bicyclic) bond motifs is 1. The van der Waals surface area contributed by atoms with Crippen LogP contribution in [0.2, 0.25) is 15.1 Å². The normalized spacial score (nSPS) is 11.2. The standard InChI is InChI=1S/C23H13Cl3N4O/c24-14-6-4-13(5-7-14)16-2-1-3-20(21(16)17-9-8-15(25)10-19(17)26)30-22-18(11-29-30)23(31)28-12-27-22/h1-12H,(H,27,28,31). The Hall–Kier alpha value is -3.12. The highest BCUT2D eigenvalue weighted by Crippen LogP contribution is 2.41. The van der Waals surface area contributed by atoms with Crippen molar-refractivity contribution in [2.24, 2.45) is 0 Å². The van der Waals surface area contributed by atoms with E-state index in [1.54, 1.807) is 16.8 Å². The Morgan fingerprint density at radius 3 is 2.42 bits per heavy atom. The molecule has 0 spiro atoms. The quantitative estimate of drug-likeness (QED) is 0.334. The average molecular weight is 468 g/mol. The maximum Gasteiger partial charge on any atom is 0.261 e. The summed E-state index contributed by atoms with van der Waals surface area (Å²) in [6, 6.07) is 18.7. The number of nitrogens with zero attached hydrogens (tertiary/aromatic N) is 3. The van der Waals surface area contributed by atoms with Crippen LogP contribution in [0, 0.1) is 0 Å². The molecule has 0 aliphatic rings. The molecule has 0 aliphatic carbocycles. The summed E-state index contributed by atoms with van der Waals surface area (Å²) in [5.74, 6) is 0. The summed E-state index contributed by atoms with van der Waals surface area (Å²) >= 11 is 18.9. The van der Waals surface area contributed by atoms with Crippen molar-refractivity contribution in [2.45, 2.75) is 0 Å². The van der Waals surface area contributed by atoms with E-state index in [0.29, 0.717) is 26.1 Å². The molecule has 8 heteroatoms. The summed E-state index contributed by atoms with van der Waals surface area (Å²) in [7, 11) is 0. The van der Waals surface area contributed by atoms with E-state index in [9.17, 15) is 4.79 Å². The highest BCUT2D eigenvalue weighted by atomic mass is 35.5. The minimum atomic E-state index is -0.254. The SMILES string of the molecule is O=c1[nH]cnc2c1cnn2-c1cccc(-c2ccc(Cl)cc2)c1-c1ccc(Cl)cc1Cl. The number of aromatic amines is 1. The molecule has 2 heterocycles. The van der Waals surface area contributed by atoms with Crippen molar-refractivity contribution in [1.29, 1.82) is 0 Å². The number of H-pyrrole nitrogens is 1. The fraction of sp³-hybridized carbons (Fsp3) is 0. The van der Waals surface area contributed by atoms with Gasteiger partial charge in [-0.15, -0.1) is 0 Å². The predicted octanol–water partition coefficient (Wildman–Crippen LogP) is 6.40. The maximum absolute atomic E-state index is 12.2. The first-order valence-corrected chi connectivity index (χ1v) is 10.4. The van der Waals surface area contributed by atoms with Gasteiger partial charge in [0.25, 0.3) is 5.56 Å². The molecule has 0 bridgehead atoms. The smallest absolute Gasteiger partial charge is 0.261 e. The molecular weight excluding hydrogens is 455 g/mol. The highest BCUT2D eigenvalue weighted by molar-refractivity contribution is 6.36. The van der Waals surface area contributed by atoms with Crippen LogP contribution in [0.15, 0.2) is 78.0 Å². The van der Waals surface area contributed by atoms with Gasteiger partial charge in [0.1, 0.15) is 5.39 Å². The molecule has 2 aromatic heterocycles. The molecule has 0 saturated carbocycles. The van der Waals surface area contributed by atoms with Crippen molar-refractivity contribution in [1.82, 2.24) is 19.7 Å². The van der Waals surface area contributed by atoms with Gasteiger partial charge in [-0.05, 0) is 41.5 Å². The van der Waals surface area contributed by atoms with Gasteiger partial charge in [0.05, 0.1) is 18.2 Å². The van der Waals surface area contributed by atoms with Gasteiger partial charge in [0.2, 0.25) is 0 Å². The van der Waals surface area contributed by atoms with Crippen LogP contribution in [0.5, 0.6) is 0 Å². The lowest BCUT2D eigenvalue weighted by atomic mass is 9.93. The van der Waals surface area contributed by atoms with Crippen LogP contribution >= 0.6 is 34.8 Å². The zero-order valence-electron chi connectivity index (χ0n) is 15.8. The van der Waals surface area contributed by atoms with Crippen molar-refractivity contribution in [3.63, 3.8) is 0 Å². The van der Waals surface area contributed by atoms with Crippen molar-refractivity contribution in [3.05, 3.63) is 98.6 Å². The first-order chi connectivity index (χ1) is 15.0. The summed E-state index contributed by atoms with van der Waals surface area (Å²) in [6.07, 6.45) is 2.87. The Bertz CT molecular complexity index is 1490. The number of halogens is 3. The third-order valence-corrected chi connectivity index (χ3v) is 5.80. The van der Waals surface area contributed by atoms with E-state index in [2.05, 4.69) is 15.1 Å². The third-order valence-electron chi connectivity index (χ3n) is 5.00. The number of benzene rings is 3. The Labute approximate surface area is 191 Å². The molecule has 0 saturated heterocycles. The molecule has 0 aliphatic heterocycles. The van der Waals surface area contributed by atoms with Crippen molar-refractivity contribution < 1.29 is 0 Å². The van der Waals surface area contributed by atoms with Crippen LogP contribution in [0.4, 0.5) is 0 Å². The summed E-state index contributed by atoms with van der Waals surface area (Å²) in [5, 5.41) is 6.53. The van der Waals surface area contributed by atoms with Gasteiger partial charge < -0.3 is 4.98 Å². The van der Waals surface area contributed by atoms with E-state index in [1.165, 1.54) is 12.5 Å². The second kappa shape index (κ2) is 7.85. The second-order valence-corrected chi connectivity index (χ2v) is 8.14. The zero-order valence-corrected chi connectivity index (χ0v) is 18.1. The van der Waals surface area contributed by atoms with Gasteiger partial charge in [-0.2, -0.15) is 5.10 Å². The predicted molar refractivity (Wildman–Crippen MR) is 125 cm³/mol.